The summed E-state index contributed by atoms with van der Waals surface area (Å²) in [5.74, 6) is 3.50. The average molecular weight is 232 g/mol. The predicted molar refractivity (Wildman–Crippen MR) is 61.5 cm³/mol. The predicted octanol–water partition coefficient (Wildman–Crippen LogP) is 2.38. The molecule has 0 N–H and O–H groups in total. The van der Waals surface area contributed by atoms with Gasteiger partial charge >= 0.3 is 5.97 Å². The fraction of sp³-hybridized carbons (Fsp3) is 0.900. The molecule has 3 atom stereocenters. The second kappa shape index (κ2) is 4.35. The van der Waals surface area contributed by atoms with Crippen LogP contribution in [-0.2, 0) is 9.53 Å². The zero-order chi connectivity index (χ0) is 10.1. The van der Waals surface area contributed by atoms with E-state index in [2.05, 4.69) is 6.92 Å². The van der Waals surface area contributed by atoms with E-state index >= 15 is 0 Å². The number of hydrogen-bond acceptors (Lipinski definition) is 4. The minimum absolute atomic E-state index is 0.00583. The summed E-state index contributed by atoms with van der Waals surface area (Å²) in [5, 5.41) is 0. The maximum Gasteiger partial charge on any atom is 0.306 e. The number of hydrogen-bond donors (Lipinski definition) is 0. The van der Waals surface area contributed by atoms with Crippen molar-refractivity contribution in [3.63, 3.8) is 0 Å². The Labute approximate surface area is 93.5 Å². The van der Waals surface area contributed by atoms with Crippen LogP contribution < -0.4 is 0 Å². The molecule has 2 rings (SSSR count). The number of cyclic esters (lactones) is 1. The highest BCUT2D eigenvalue weighted by Gasteiger charge is 2.39. The van der Waals surface area contributed by atoms with E-state index in [0.717, 1.165) is 0 Å². The highest BCUT2D eigenvalue weighted by molar-refractivity contribution is 8.20. The standard InChI is InChI=1S/C10H16O2S2/c1-6-7(2)12-9(11)5-8(6)10-13-3-4-14-10/h6-8,10H,3-5H2,1-2H3/t6-,7+,8+/m0/s1. The van der Waals surface area contributed by atoms with Crippen molar-refractivity contribution in [1.29, 1.82) is 0 Å². The Hall–Kier alpha value is 0.170. The second-order valence-corrected chi connectivity index (χ2v) is 6.83. The van der Waals surface area contributed by atoms with Crippen molar-refractivity contribution in [1.82, 2.24) is 0 Å². The van der Waals surface area contributed by atoms with Gasteiger partial charge in [-0.15, -0.1) is 23.5 Å². The second-order valence-electron chi connectivity index (χ2n) is 4.03. The van der Waals surface area contributed by atoms with Crippen LogP contribution in [0, 0.1) is 11.8 Å². The van der Waals surface area contributed by atoms with Crippen molar-refractivity contribution in [2.24, 2.45) is 11.8 Å². The van der Waals surface area contributed by atoms with Gasteiger partial charge in [-0.05, 0) is 18.8 Å². The summed E-state index contributed by atoms with van der Waals surface area (Å²) < 4.78 is 5.86. The molecule has 2 fully saturated rings. The fourth-order valence-electron chi connectivity index (χ4n) is 2.06. The molecule has 4 heteroatoms. The quantitative estimate of drug-likeness (QED) is 0.648. The lowest BCUT2D eigenvalue weighted by atomic mass is 9.86. The molecule has 0 saturated carbocycles. The van der Waals surface area contributed by atoms with E-state index in [9.17, 15) is 4.79 Å². The van der Waals surface area contributed by atoms with Gasteiger partial charge in [0.15, 0.2) is 0 Å². The molecule has 0 bridgehead atoms. The van der Waals surface area contributed by atoms with Gasteiger partial charge in [0.2, 0.25) is 0 Å². The molecule has 0 aromatic carbocycles. The van der Waals surface area contributed by atoms with Gasteiger partial charge in [0.25, 0.3) is 0 Å². The van der Waals surface area contributed by atoms with Gasteiger partial charge < -0.3 is 4.74 Å². The molecule has 0 spiro atoms. The third kappa shape index (κ3) is 2.06. The van der Waals surface area contributed by atoms with Crippen molar-refractivity contribution in [3.8, 4) is 0 Å². The monoisotopic (exact) mass is 232 g/mol. The Bertz CT molecular complexity index is 224. The Balaban J connectivity index is 2.04. The number of thioether (sulfide) groups is 2. The van der Waals surface area contributed by atoms with Crippen LogP contribution in [-0.4, -0.2) is 28.2 Å². The van der Waals surface area contributed by atoms with Crippen LogP contribution in [0.15, 0.2) is 0 Å². The third-order valence-corrected chi connectivity index (χ3v) is 6.44. The van der Waals surface area contributed by atoms with Gasteiger partial charge in [0.1, 0.15) is 6.10 Å². The number of esters is 1. The molecule has 2 heterocycles. The summed E-state index contributed by atoms with van der Waals surface area (Å²) in [6, 6.07) is 0. The lowest BCUT2D eigenvalue weighted by Crippen LogP contribution is -2.39. The normalized spacial score (nSPS) is 39.9. The summed E-state index contributed by atoms with van der Waals surface area (Å²) in [6.07, 6.45) is 0.721. The van der Waals surface area contributed by atoms with Gasteiger partial charge in [-0.2, -0.15) is 0 Å². The molecule has 80 valence electrons. The first kappa shape index (κ1) is 10.7. The Morgan fingerprint density at radius 1 is 1.29 bits per heavy atom. The van der Waals surface area contributed by atoms with E-state index in [1.807, 2.05) is 30.4 Å². The summed E-state index contributed by atoms with van der Waals surface area (Å²) in [7, 11) is 0. The van der Waals surface area contributed by atoms with Crippen molar-refractivity contribution in [2.75, 3.05) is 11.5 Å². The van der Waals surface area contributed by atoms with Crippen molar-refractivity contribution >= 4 is 29.5 Å². The summed E-state index contributed by atoms with van der Waals surface area (Å²) in [4.78, 5) is 11.3. The molecule has 2 aliphatic heterocycles. The first-order chi connectivity index (χ1) is 6.68. The average Bonchev–Trinajstić information content (AvgIpc) is 2.63. The van der Waals surface area contributed by atoms with Crippen LogP contribution in [0.3, 0.4) is 0 Å². The maximum atomic E-state index is 11.3. The third-order valence-electron chi connectivity index (χ3n) is 3.13. The maximum absolute atomic E-state index is 11.3. The van der Waals surface area contributed by atoms with Gasteiger partial charge in [0, 0.05) is 11.5 Å². The summed E-state index contributed by atoms with van der Waals surface area (Å²) in [5.41, 5.74) is 0. The number of carbonyl (C=O) groups excluding carboxylic acids is 1. The minimum atomic E-state index is -0.00583. The first-order valence-electron chi connectivity index (χ1n) is 5.11. The smallest absolute Gasteiger partial charge is 0.306 e. The molecule has 2 nitrogen and oxygen atoms in total. The Morgan fingerprint density at radius 2 is 1.93 bits per heavy atom. The van der Waals surface area contributed by atoms with E-state index in [1.165, 1.54) is 11.5 Å². The molecule has 0 unspecified atom stereocenters. The molecule has 0 radical (unpaired) electrons. The van der Waals surface area contributed by atoms with Gasteiger partial charge in [-0.25, -0.2) is 0 Å². The van der Waals surface area contributed by atoms with Crippen molar-refractivity contribution in [3.05, 3.63) is 0 Å². The summed E-state index contributed by atoms with van der Waals surface area (Å²) >= 11 is 4.02. The molecule has 0 amide bonds. The van der Waals surface area contributed by atoms with Crippen LogP contribution in [0.5, 0.6) is 0 Å². The molecule has 0 aromatic heterocycles. The van der Waals surface area contributed by atoms with Gasteiger partial charge in [-0.3, -0.25) is 4.79 Å². The summed E-state index contributed by atoms with van der Waals surface area (Å²) in [6.45, 7) is 4.22. The highest BCUT2D eigenvalue weighted by atomic mass is 32.2. The topological polar surface area (TPSA) is 26.3 Å². The largest absolute Gasteiger partial charge is 0.462 e. The molecule has 2 saturated heterocycles. The molecule has 14 heavy (non-hydrogen) atoms. The van der Waals surface area contributed by atoms with E-state index < -0.39 is 0 Å². The molecular formula is C10H16O2S2. The number of ether oxygens (including phenoxy) is 1. The minimum Gasteiger partial charge on any atom is -0.462 e. The Kier molecular flexibility index (Phi) is 3.32. The number of carbonyl (C=O) groups is 1. The van der Waals surface area contributed by atoms with Crippen LogP contribution in [0.4, 0.5) is 0 Å². The van der Waals surface area contributed by atoms with Crippen molar-refractivity contribution in [2.45, 2.75) is 31.0 Å². The highest BCUT2D eigenvalue weighted by Crippen LogP contribution is 2.44. The van der Waals surface area contributed by atoms with Gasteiger partial charge in [0.05, 0.1) is 11.0 Å². The van der Waals surface area contributed by atoms with E-state index in [-0.39, 0.29) is 12.1 Å². The number of rotatable bonds is 1. The zero-order valence-corrected chi connectivity index (χ0v) is 10.2. The van der Waals surface area contributed by atoms with Gasteiger partial charge in [-0.1, -0.05) is 6.92 Å². The van der Waals surface area contributed by atoms with E-state index in [4.69, 9.17) is 4.74 Å². The van der Waals surface area contributed by atoms with Crippen molar-refractivity contribution < 1.29 is 9.53 Å². The molecular weight excluding hydrogens is 216 g/mol. The zero-order valence-electron chi connectivity index (χ0n) is 8.56. The van der Waals surface area contributed by atoms with Crippen LogP contribution in [0.25, 0.3) is 0 Å². The lowest BCUT2D eigenvalue weighted by Gasteiger charge is -2.35. The SMILES string of the molecule is C[C@H]1[C@@H](C)OC(=O)C[C@H]1C1SCCS1. The molecule has 2 aliphatic rings. The molecule has 0 aromatic rings. The van der Waals surface area contributed by atoms with E-state index in [0.29, 0.717) is 22.8 Å². The van der Waals surface area contributed by atoms with Crippen LogP contribution in [0.1, 0.15) is 20.3 Å². The van der Waals surface area contributed by atoms with Crippen LogP contribution >= 0.6 is 23.5 Å². The first-order valence-corrected chi connectivity index (χ1v) is 7.21. The van der Waals surface area contributed by atoms with E-state index in [1.54, 1.807) is 0 Å². The Morgan fingerprint density at radius 3 is 2.57 bits per heavy atom. The molecule has 0 aliphatic carbocycles. The lowest BCUT2D eigenvalue weighted by molar-refractivity contribution is -0.160. The fourth-order valence-corrected chi connectivity index (χ4v) is 5.44. The van der Waals surface area contributed by atoms with Crippen LogP contribution in [0.2, 0.25) is 0 Å².